The molecule has 0 bridgehead atoms. The van der Waals surface area contributed by atoms with E-state index < -0.39 is 18.6 Å². The summed E-state index contributed by atoms with van der Waals surface area (Å²) >= 11 is 12.6. The summed E-state index contributed by atoms with van der Waals surface area (Å²) in [5.74, 6) is -0.169. The number of phenolic OH excluding ortho intramolecular Hbond substituents is 1. The molecule has 0 aliphatic carbocycles. The third-order valence-corrected chi connectivity index (χ3v) is 4.42. The zero-order chi connectivity index (χ0) is 21.4. The molecule has 1 amide bonds. The molecule has 7 nitrogen and oxygen atoms in total. The van der Waals surface area contributed by atoms with Crippen molar-refractivity contribution < 1.29 is 29.3 Å². The molecular weight excluding hydrogens is 421 g/mol. The number of ether oxygens (including phenoxy) is 2. The normalized spacial score (nSPS) is 10.4. The second kappa shape index (κ2) is 10.8. The Morgan fingerprint density at radius 1 is 1.10 bits per heavy atom. The fraction of sp³-hybridized carbons (Fsp3) is 0.300. The van der Waals surface area contributed by atoms with Crippen LogP contribution in [0.4, 0.5) is 4.79 Å². The first-order valence-corrected chi connectivity index (χ1v) is 9.65. The van der Waals surface area contributed by atoms with Crippen LogP contribution < -0.4 is 10.1 Å². The van der Waals surface area contributed by atoms with Crippen LogP contribution in [-0.4, -0.2) is 35.4 Å². The van der Waals surface area contributed by atoms with Crippen LogP contribution in [0.5, 0.6) is 17.2 Å². The van der Waals surface area contributed by atoms with E-state index in [0.29, 0.717) is 18.6 Å². The van der Waals surface area contributed by atoms with Crippen molar-refractivity contribution in [3.05, 3.63) is 51.5 Å². The summed E-state index contributed by atoms with van der Waals surface area (Å²) < 4.78 is 10.7. The largest absolute Gasteiger partial charge is 0.508 e. The third-order valence-electron chi connectivity index (χ3n) is 3.86. The molecule has 9 heteroatoms. The highest BCUT2D eigenvalue weighted by Crippen LogP contribution is 2.38. The lowest BCUT2D eigenvalue weighted by Gasteiger charge is -2.13. The number of hydrogen-bond acceptors (Lipinski definition) is 5. The summed E-state index contributed by atoms with van der Waals surface area (Å²) in [5.41, 5.74) is 1.49. The number of carbonyl (C=O) groups is 2. The number of halogens is 2. The van der Waals surface area contributed by atoms with E-state index in [4.69, 9.17) is 37.8 Å². The van der Waals surface area contributed by atoms with E-state index in [1.165, 1.54) is 0 Å². The first kappa shape index (κ1) is 22.6. The fourth-order valence-electron chi connectivity index (χ4n) is 2.53. The Labute approximate surface area is 178 Å². The molecule has 0 saturated carbocycles. The molecule has 0 fully saturated rings. The molecule has 0 aliphatic heterocycles. The van der Waals surface area contributed by atoms with Crippen molar-refractivity contribution in [3.63, 3.8) is 0 Å². The van der Waals surface area contributed by atoms with Gasteiger partial charge in [-0.2, -0.15) is 0 Å². The minimum absolute atomic E-state index is 0.0245. The van der Waals surface area contributed by atoms with Crippen LogP contribution in [0.25, 0.3) is 0 Å². The highest BCUT2D eigenvalue weighted by atomic mass is 35.5. The second-order valence-electron chi connectivity index (χ2n) is 6.16. The van der Waals surface area contributed by atoms with Gasteiger partial charge in [0, 0.05) is 6.42 Å². The highest BCUT2D eigenvalue weighted by molar-refractivity contribution is 6.37. The van der Waals surface area contributed by atoms with Crippen molar-refractivity contribution in [2.75, 3.05) is 13.2 Å². The van der Waals surface area contributed by atoms with Crippen molar-refractivity contribution in [3.8, 4) is 17.2 Å². The van der Waals surface area contributed by atoms with Crippen LogP contribution in [-0.2, 0) is 22.4 Å². The lowest BCUT2D eigenvalue weighted by Crippen LogP contribution is -2.30. The number of aliphatic carboxylic acids is 1. The van der Waals surface area contributed by atoms with E-state index >= 15 is 0 Å². The van der Waals surface area contributed by atoms with Gasteiger partial charge in [-0.25, -0.2) is 4.79 Å². The van der Waals surface area contributed by atoms with Gasteiger partial charge in [0.15, 0.2) is 5.75 Å². The predicted octanol–water partition coefficient (Wildman–Crippen LogP) is 4.80. The van der Waals surface area contributed by atoms with Gasteiger partial charge in [0.25, 0.3) is 0 Å². The van der Waals surface area contributed by atoms with Crippen molar-refractivity contribution in [2.24, 2.45) is 0 Å². The zero-order valence-corrected chi connectivity index (χ0v) is 17.2. The van der Waals surface area contributed by atoms with Gasteiger partial charge < -0.3 is 25.0 Å². The second-order valence-corrected chi connectivity index (χ2v) is 6.98. The third kappa shape index (κ3) is 7.03. The first-order valence-electron chi connectivity index (χ1n) is 8.90. The maximum absolute atomic E-state index is 11.3. The number of phenols is 1. The molecule has 3 N–H and O–H groups in total. The van der Waals surface area contributed by atoms with Crippen molar-refractivity contribution in [2.45, 2.75) is 26.2 Å². The van der Waals surface area contributed by atoms with Crippen LogP contribution in [0, 0.1) is 0 Å². The van der Waals surface area contributed by atoms with Gasteiger partial charge in [0.05, 0.1) is 16.7 Å². The smallest absolute Gasteiger partial charge is 0.407 e. The van der Waals surface area contributed by atoms with E-state index in [0.717, 1.165) is 17.5 Å². The molecule has 29 heavy (non-hydrogen) atoms. The van der Waals surface area contributed by atoms with E-state index in [2.05, 4.69) is 5.32 Å². The van der Waals surface area contributed by atoms with Crippen LogP contribution in [0.1, 0.15) is 24.5 Å². The van der Waals surface area contributed by atoms with Crippen LogP contribution in [0.15, 0.2) is 30.3 Å². The number of amides is 1. The number of nitrogens with one attached hydrogen (secondary N) is 1. The Hall–Kier alpha value is -2.64. The highest BCUT2D eigenvalue weighted by Gasteiger charge is 2.13. The Kier molecular flexibility index (Phi) is 8.42. The lowest BCUT2D eigenvalue weighted by molar-refractivity contribution is -0.135. The van der Waals surface area contributed by atoms with Gasteiger partial charge in [-0.15, -0.1) is 0 Å². The van der Waals surface area contributed by atoms with Gasteiger partial charge in [0.1, 0.15) is 18.0 Å². The minimum atomic E-state index is -1.16. The molecule has 2 aromatic rings. The summed E-state index contributed by atoms with van der Waals surface area (Å²) in [6.07, 6.45) is 1.10. The van der Waals surface area contributed by atoms with Gasteiger partial charge in [0.2, 0.25) is 0 Å². The van der Waals surface area contributed by atoms with E-state index in [-0.39, 0.29) is 28.2 Å². The van der Waals surface area contributed by atoms with E-state index in [1.807, 2.05) is 6.92 Å². The topological polar surface area (TPSA) is 105 Å². The van der Waals surface area contributed by atoms with Crippen molar-refractivity contribution >= 4 is 35.3 Å². The number of carboxylic acids is 1. The van der Waals surface area contributed by atoms with Gasteiger partial charge in [-0.3, -0.25) is 4.79 Å². The maximum atomic E-state index is 11.3. The standard InChI is InChI=1S/C20H21Cl2NO6/c1-2-3-13-10-14(4-5-17(13)24)29-19-15(21)8-12(9-16(19)22)6-7-28-20(27)23-11-18(25)26/h4-5,8-10,24H,2-3,6-7,11H2,1H3,(H,23,27)(H,25,26). The minimum Gasteiger partial charge on any atom is -0.508 e. The monoisotopic (exact) mass is 441 g/mol. The molecule has 0 saturated heterocycles. The lowest BCUT2D eigenvalue weighted by atomic mass is 10.1. The predicted molar refractivity (Wildman–Crippen MR) is 109 cm³/mol. The number of alkyl carbamates (subject to hydrolysis) is 1. The molecule has 0 aromatic heterocycles. The Morgan fingerprint density at radius 3 is 2.41 bits per heavy atom. The summed E-state index contributed by atoms with van der Waals surface area (Å²) in [7, 11) is 0. The zero-order valence-electron chi connectivity index (χ0n) is 15.7. The maximum Gasteiger partial charge on any atom is 0.407 e. The number of rotatable bonds is 9. The number of benzene rings is 2. The van der Waals surface area contributed by atoms with E-state index in [1.54, 1.807) is 30.3 Å². The SMILES string of the molecule is CCCc1cc(Oc2c(Cl)cc(CCOC(=O)NCC(=O)O)cc2Cl)ccc1O. The average molecular weight is 442 g/mol. The summed E-state index contributed by atoms with van der Waals surface area (Å²) in [4.78, 5) is 21.7. The molecule has 2 rings (SSSR count). The first-order chi connectivity index (χ1) is 13.8. The quantitative estimate of drug-likeness (QED) is 0.516. The summed E-state index contributed by atoms with van der Waals surface area (Å²) in [6.45, 7) is 1.52. The Balaban J connectivity index is 2.01. The molecule has 0 aliphatic rings. The number of carbonyl (C=O) groups excluding carboxylic acids is 1. The molecule has 0 spiro atoms. The molecule has 0 atom stereocenters. The number of hydrogen-bond donors (Lipinski definition) is 3. The number of carboxylic acid groups (broad SMARTS) is 1. The average Bonchev–Trinajstić information content (AvgIpc) is 2.65. The fourth-order valence-corrected chi connectivity index (χ4v) is 3.14. The molecular formula is C20H21Cl2NO6. The summed E-state index contributed by atoms with van der Waals surface area (Å²) in [5, 5.41) is 21.0. The summed E-state index contributed by atoms with van der Waals surface area (Å²) in [6, 6.07) is 8.22. The van der Waals surface area contributed by atoms with Crippen LogP contribution >= 0.6 is 23.2 Å². The van der Waals surface area contributed by atoms with Crippen LogP contribution in [0.2, 0.25) is 10.0 Å². The van der Waals surface area contributed by atoms with Gasteiger partial charge >= 0.3 is 12.1 Å². The molecule has 0 unspecified atom stereocenters. The molecule has 0 heterocycles. The van der Waals surface area contributed by atoms with Gasteiger partial charge in [-0.1, -0.05) is 36.5 Å². The van der Waals surface area contributed by atoms with E-state index in [9.17, 15) is 14.7 Å². The molecule has 2 aromatic carbocycles. The Bertz CT molecular complexity index is 864. The molecule has 156 valence electrons. The van der Waals surface area contributed by atoms with Crippen LogP contribution in [0.3, 0.4) is 0 Å². The van der Waals surface area contributed by atoms with Crippen molar-refractivity contribution in [1.29, 1.82) is 0 Å². The Morgan fingerprint density at radius 2 is 1.79 bits per heavy atom. The number of aryl methyl sites for hydroxylation is 1. The molecule has 0 radical (unpaired) electrons. The number of aromatic hydroxyl groups is 1. The van der Waals surface area contributed by atoms with Gasteiger partial charge in [-0.05, 0) is 47.9 Å². The van der Waals surface area contributed by atoms with Crippen molar-refractivity contribution in [1.82, 2.24) is 5.32 Å².